The fraction of sp³-hybridized carbons (Fsp3) is 0.111. The molecule has 3 aromatic rings. The number of nitrogens with two attached hydrogens (primary N) is 1. The molecule has 6 nitrogen and oxygen atoms in total. The maximum absolute atomic E-state index is 5.88. The molecule has 0 fully saturated rings. The molecule has 0 radical (unpaired) electrons. The van der Waals surface area contributed by atoms with Gasteiger partial charge in [0.25, 0.3) is 0 Å². The van der Waals surface area contributed by atoms with Gasteiger partial charge in [-0.1, -0.05) is 65.4 Å². The third-order valence-corrected chi connectivity index (χ3v) is 4.12. The molecule has 0 bridgehead atoms. The highest BCUT2D eigenvalue weighted by molar-refractivity contribution is 8.13. The number of hydrogen-bond donors (Lipinski definition) is 1. The van der Waals surface area contributed by atoms with Crippen LogP contribution < -0.4 is 5.73 Å². The first kappa shape index (κ1) is 16.9. The number of hydrogen-bond acceptors (Lipinski definition) is 6. The highest BCUT2D eigenvalue weighted by Crippen LogP contribution is 2.16. The Morgan fingerprint density at radius 3 is 2.80 bits per heavy atom. The van der Waals surface area contributed by atoms with Crippen LogP contribution >= 0.6 is 11.8 Å². The van der Waals surface area contributed by atoms with Crippen LogP contribution in [0.1, 0.15) is 17.0 Å². The van der Waals surface area contributed by atoms with Crippen molar-refractivity contribution in [2.75, 3.05) is 0 Å². The van der Waals surface area contributed by atoms with Crippen LogP contribution in [0.5, 0.6) is 0 Å². The Labute approximate surface area is 149 Å². The van der Waals surface area contributed by atoms with Crippen molar-refractivity contribution in [1.29, 1.82) is 0 Å². The van der Waals surface area contributed by atoms with Crippen LogP contribution in [0.25, 0.3) is 11.4 Å². The van der Waals surface area contributed by atoms with Crippen LogP contribution in [-0.4, -0.2) is 21.5 Å². The van der Waals surface area contributed by atoms with Gasteiger partial charge in [0.15, 0.2) is 5.17 Å². The Morgan fingerprint density at radius 1 is 1.20 bits per heavy atom. The molecule has 3 rings (SSSR count). The van der Waals surface area contributed by atoms with E-state index in [1.165, 1.54) is 17.3 Å². The zero-order valence-electron chi connectivity index (χ0n) is 13.7. The van der Waals surface area contributed by atoms with Crippen molar-refractivity contribution in [2.45, 2.75) is 12.7 Å². The predicted octanol–water partition coefficient (Wildman–Crippen LogP) is 3.63. The van der Waals surface area contributed by atoms with Crippen LogP contribution in [0.3, 0.4) is 0 Å². The molecule has 1 aromatic heterocycles. The van der Waals surface area contributed by atoms with Crippen LogP contribution in [0.4, 0.5) is 0 Å². The van der Waals surface area contributed by atoms with Crippen molar-refractivity contribution < 1.29 is 4.52 Å². The zero-order valence-corrected chi connectivity index (χ0v) is 14.5. The molecule has 0 saturated carbocycles. The Hall–Kier alpha value is -2.93. The average Bonchev–Trinajstić information content (AvgIpc) is 3.08. The maximum atomic E-state index is 5.88. The van der Waals surface area contributed by atoms with Crippen LogP contribution in [0.15, 0.2) is 69.3 Å². The number of benzene rings is 2. The quantitative estimate of drug-likeness (QED) is 0.431. The summed E-state index contributed by atoms with van der Waals surface area (Å²) in [5.41, 5.74) is 8.81. The van der Waals surface area contributed by atoms with E-state index in [-0.39, 0.29) is 0 Å². The van der Waals surface area contributed by atoms with E-state index in [4.69, 9.17) is 10.3 Å². The van der Waals surface area contributed by atoms with E-state index >= 15 is 0 Å². The molecule has 0 amide bonds. The van der Waals surface area contributed by atoms with Crippen molar-refractivity contribution in [3.05, 3.63) is 71.6 Å². The van der Waals surface area contributed by atoms with E-state index in [1.807, 2.05) is 42.5 Å². The van der Waals surface area contributed by atoms with Gasteiger partial charge in [-0.2, -0.15) is 10.1 Å². The van der Waals surface area contributed by atoms with Crippen molar-refractivity contribution in [3.63, 3.8) is 0 Å². The Kier molecular flexibility index (Phi) is 5.58. The van der Waals surface area contributed by atoms with E-state index in [9.17, 15) is 0 Å². The van der Waals surface area contributed by atoms with Gasteiger partial charge in [-0.15, -0.1) is 5.10 Å². The Morgan fingerprint density at radius 2 is 2.04 bits per heavy atom. The summed E-state index contributed by atoms with van der Waals surface area (Å²) in [4.78, 5) is 4.21. The van der Waals surface area contributed by atoms with Gasteiger partial charge in [-0.05, 0) is 17.2 Å². The SMILES string of the molecule is Cc1nc(-c2cccc(C=NN=C(N)SCc3ccccc3)c2)no1. The third-order valence-electron chi connectivity index (χ3n) is 3.27. The fourth-order valence-electron chi connectivity index (χ4n) is 2.09. The lowest BCUT2D eigenvalue weighted by Gasteiger charge is -1.99. The summed E-state index contributed by atoms with van der Waals surface area (Å²) in [6.07, 6.45) is 1.65. The minimum atomic E-state index is 0.421. The highest BCUT2D eigenvalue weighted by Gasteiger charge is 2.05. The Bertz CT molecular complexity index is 889. The first-order valence-electron chi connectivity index (χ1n) is 7.65. The molecule has 2 aromatic carbocycles. The maximum Gasteiger partial charge on any atom is 0.223 e. The van der Waals surface area contributed by atoms with Crippen LogP contribution in [-0.2, 0) is 5.75 Å². The molecule has 0 aliphatic carbocycles. The standard InChI is InChI=1S/C18H17N5OS/c1-13-21-17(23-24-13)16-9-5-8-15(10-16)11-20-22-18(19)25-12-14-6-3-2-4-7-14/h2-11H,12H2,1H3,(H2,19,22). The summed E-state index contributed by atoms with van der Waals surface area (Å²) < 4.78 is 5.00. The molecule has 0 unspecified atom stereocenters. The summed E-state index contributed by atoms with van der Waals surface area (Å²) >= 11 is 1.45. The lowest BCUT2D eigenvalue weighted by atomic mass is 10.1. The first-order chi connectivity index (χ1) is 12.2. The minimum absolute atomic E-state index is 0.421. The number of nitrogens with zero attached hydrogens (tertiary/aromatic N) is 4. The molecular formula is C18H17N5OS. The summed E-state index contributed by atoms with van der Waals surface area (Å²) in [6, 6.07) is 17.7. The van der Waals surface area contributed by atoms with Crippen LogP contribution in [0, 0.1) is 6.92 Å². The van der Waals surface area contributed by atoms with E-state index in [1.54, 1.807) is 13.1 Å². The summed E-state index contributed by atoms with van der Waals surface area (Å²) in [7, 11) is 0. The highest BCUT2D eigenvalue weighted by atomic mass is 32.2. The monoisotopic (exact) mass is 351 g/mol. The number of amidine groups is 1. The number of rotatable bonds is 5. The average molecular weight is 351 g/mol. The first-order valence-corrected chi connectivity index (χ1v) is 8.63. The van der Waals surface area contributed by atoms with E-state index in [0.717, 1.165) is 16.9 Å². The molecule has 126 valence electrons. The predicted molar refractivity (Wildman–Crippen MR) is 101 cm³/mol. The summed E-state index contributed by atoms with van der Waals surface area (Å²) in [5.74, 6) is 1.84. The second-order valence-electron chi connectivity index (χ2n) is 5.22. The molecule has 25 heavy (non-hydrogen) atoms. The van der Waals surface area contributed by atoms with Gasteiger partial charge in [0.2, 0.25) is 11.7 Å². The second-order valence-corrected chi connectivity index (χ2v) is 6.22. The minimum Gasteiger partial charge on any atom is -0.377 e. The molecule has 0 aliphatic heterocycles. The van der Waals surface area contributed by atoms with E-state index in [2.05, 4.69) is 32.5 Å². The van der Waals surface area contributed by atoms with E-state index < -0.39 is 0 Å². The smallest absolute Gasteiger partial charge is 0.223 e. The number of aryl methyl sites for hydroxylation is 1. The van der Waals surface area contributed by atoms with Crippen molar-refractivity contribution >= 4 is 23.1 Å². The van der Waals surface area contributed by atoms with Gasteiger partial charge in [-0.3, -0.25) is 0 Å². The summed E-state index contributed by atoms with van der Waals surface area (Å²) in [6.45, 7) is 1.76. The van der Waals surface area contributed by atoms with E-state index in [0.29, 0.717) is 16.9 Å². The van der Waals surface area contributed by atoms with Crippen molar-refractivity contribution in [3.8, 4) is 11.4 Å². The molecule has 0 spiro atoms. The second kappa shape index (κ2) is 8.25. The molecule has 0 atom stereocenters. The van der Waals surface area contributed by atoms with Crippen molar-refractivity contribution in [2.24, 2.45) is 15.9 Å². The van der Waals surface area contributed by atoms with Gasteiger partial charge >= 0.3 is 0 Å². The number of aromatic nitrogens is 2. The van der Waals surface area contributed by atoms with Crippen molar-refractivity contribution in [1.82, 2.24) is 10.1 Å². The summed E-state index contributed by atoms with van der Waals surface area (Å²) in [5, 5.41) is 12.4. The van der Waals surface area contributed by atoms with Gasteiger partial charge in [0.1, 0.15) is 0 Å². The molecule has 0 saturated heterocycles. The van der Waals surface area contributed by atoms with Gasteiger partial charge < -0.3 is 10.3 Å². The lowest BCUT2D eigenvalue weighted by Crippen LogP contribution is -2.05. The Balaban J connectivity index is 1.61. The third kappa shape index (κ3) is 5.02. The molecule has 1 heterocycles. The number of thioether (sulfide) groups is 1. The largest absolute Gasteiger partial charge is 0.377 e. The normalized spacial score (nSPS) is 12.0. The topological polar surface area (TPSA) is 89.7 Å². The van der Waals surface area contributed by atoms with Gasteiger partial charge in [-0.25, -0.2) is 0 Å². The molecule has 0 aliphatic rings. The van der Waals surface area contributed by atoms with Crippen LogP contribution in [0.2, 0.25) is 0 Å². The zero-order chi connectivity index (χ0) is 17.5. The molecule has 2 N–H and O–H groups in total. The van der Waals surface area contributed by atoms with Gasteiger partial charge in [0.05, 0.1) is 6.21 Å². The fourth-order valence-corrected chi connectivity index (χ4v) is 2.70. The molecule has 7 heteroatoms. The molecular weight excluding hydrogens is 334 g/mol. The lowest BCUT2D eigenvalue weighted by molar-refractivity contribution is 0.394. The van der Waals surface area contributed by atoms with Gasteiger partial charge in [0, 0.05) is 18.2 Å².